The maximum atomic E-state index is 10.8. The third kappa shape index (κ3) is 2.64. The molecule has 2 rings (SSSR count). The summed E-state index contributed by atoms with van der Waals surface area (Å²) < 4.78 is 1.85. The van der Waals surface area contributed by atoms with Crippen molar-refractivity contribution in [2.24, 2.45) is 7.05 Å². The van der Waals surface area contributed by atoms with Gasteiger partial charge in [-0.2, -0.15) is 5.10 Å². The van der Waals surface area contributed by atoms with Crippen molar-refractivity contribution < 1.29 is 4.92 Å². The summed E-state index contributed by atoms with van der Waals surface area (Å²) in [6.45, 7) is 6.40. The Labute approximate surface area is 117 Å². The van der Waals surface area contributed by atoms with E-state index in [9.17, 15) is 10.1 Å². The van der Waals surface area contributed by atoms with E-state index in [2.05, 4.69) is 10.4 Å². The molecule has 2 aromatic rings. The number of benzene rings is 1. The van der Waals surface area contributed by atoms with E-state index < -0.39 is 0 Å². The lowest BCUT2D eigenvalue weighted by molar-refractivity contribution is -0.385. The number of aromatic nitrogens is 2. The van der Waals surface area contributed by atoms with E-state index >= 15 is 0 Å². The average Bonchev–Trinajstić information content (AvgIpc) is 2.61. The van der Waals surface area contributed by atoms with Crippen molar-refractivity contribution in [3.05, 3.63) is 50.8 Å². The molecule has 0 aliphatic heterocycles. The number of aryl methyl sites for hydroxylation is 3. The molecule has 0 spiro atoms. The summed E-state index contributed by atoms with van der Waals surface area (Å²) >= 11 is 0. The smallest absolute Gasteiger partial charge is 0.272 e. The van der Waals surface area contributed by atoms with Crippen LogP contribution in [0.5, 0.6) is 0 Å². The number of nitro benzene ring substituents is 1. The molecule has 0 radical (unpaired) electrons. The number of nitro groups is 1. The maximum absolute atomic E-state index is 10.8. The molecule has 0 saturated heterocycles. The molecule has 6 heteroatoms. The summed E-state index contributed by atoms with van der Waals surface area (Å²) in [5, 5.41) is 18.4. The zero-order chi connectivity index (χ0) is 14.9. The van der Waals surface area contributed by atoms with E-state index in [0.717, 1.165) is 22.6 Å². The summed E-state index contributed by atoms with van der Waals surface area (Å²) in [4.78, 5) is 10.4. The van der Waals surface area contributed by atoms with Crippen LogP contribution in [0.25, 0.3) is 0 Å². The van der Waals surface area contributed by atoms with Crippen molar-refractivity contribution >= 4 is 11.4 Å². The van der Waals surface area contributed by atoms with Gasteiger partial charge in [0, 0.05) is 42.2 Å². The van der Waals surface area contributed by atoms with Crippen LogP contribution in [0.4, 0.5) is 11.4 Å². The molecule has 0 amide bonds. The zero-order valence-corrected chi connectivity index (χ0v) is 12.1. The second-order valence-corrected chi connectivity index (χ2v) is 4.88. The Balaban J connectivity index is 2.15. The highest BCUT2D eigenvalue weighted by molar-refractivity contribution is 5.54. The first-order valence-electron chi connectivity index (χ1n) is 6.38. The fourth-order valence-corrected chi connectivity index (χ4v) is 2.23. The predicted molar refractivity (Wildman–Crippen MR) is 77.8 cm³/mol. The Morgan fingerprint density at radius 1 is 1.35 bits per heavy atom. The number of nitrogens with zero attached hydrogens (tertiary/aromatic N) is 3. The molecule has 0 unspecified atom stereocenters. The Hall–Kier alpha value is -2.37. The summed E-state index contributed by atoms with van der Waals surface area (Å²) in [5.41, 5.74) is 4.94. The molecular formula is C14H18N4O2. The van der Waals surface area contributed by atoms with Crippen LogP contribution in [0.3, 0.4) is 0 Å². The number of rotatable bonds is 4. The Morgan fingerprint density at radius 2 is 2.05 bits per heavy atom. The number of hydrogen-bond donors (Lipinski definition) is 1. The molecule has 1 N–H and O–H groups in total. The lowest BCUT2D eigenvalue weighted by atomic mass is 10.1. The molecule has 0 fully saturated rings. The standard InChI is InChI=1S/C14H18N4O2/c1-9-7-12(5-6-14(9)18(19)20)15-8-13-10(2)16-17(4)11(13)3/h5-7,15H,8H2,1-4H3. The van der Waals surface area contributed by atoms with E-state index in [-0.39, 0.29) is 10.6 Å². The van der Waals surface area contributed by atoms with Gasteiger partial charge >= 0.3 is 0 Å². The number of nitrogens with one attached hydrogen (secondary N) is 1. The van der Waals surface area contributed by atoms with Crippen LogP contribution < -0.4 is 5.32 Å². The first-order valence-corrected chi connectivity index (χ1v) is 6.38. The molecule has 1 heterocycles. The Morgan fingerprint density at radius 3 is 2.55 bits per heavy atom. The molecule has 1 aromatic heterocycles. The van der Waals surface area contributed by atoms with Crippen LogP contribution in [0, 0.1) is 30.9 Å². The fourth-order valence-electron chi connectivity index (χ4n) is 2.23. The van der Waals surface area contributed by atoms with Gasteiger partial charge in [-0.3, -0.25) is 14.8 Å². The van der Waals surface area contributed by atoms with E-state index in [1.165, 1.54) is 6.07 Å². The highest BCUT2D eigenvalue weighted by Gasteiger charge is 2.12. The van der Waals surface area contributed by atoms with Crippen LogP contribution in [0.2, 0.25) is 0 Å². The van der Waals surface area contributed by atoms with Crippen LogP contribution in [-0.2, 0) is 13.6 Å². The zero-order valence-electron chi connectivity index (χ0n) is 12.1. The summed E-state index contributed by atoms with van der Waals surface area (Å²) in [6, 6.07) is 5.05. The highest BCUT2D eigenvalue weighted by Crippen LogP contribution is 2.22. The highest BCUT2D eigenvalue weighted by atomic mass is 16.6. The minimum absolute atomic E-state index is 0.143. The Kier molecular flexibility index (Phi) is 3.74. The van der Waals surface area contributed by atoms with E-state index in [0.29, 0.717) is 12.1 Å². The third-order valence-corrected chi connectivity index (χ3v) is 3.52. The monoisotopic (exact) mass is 274 g/mol. The largest absolute Gasteiger partial charge is 0.381 e. The second kappa shape index (κ2) is 5.32. The SMILES string of the molecule is Cc1cc(NCc2c(C)nn(C)c2C)ccc1[N+](=O)[O-]. The van der Waals surface area contributed by atoms with Gasteiger partial charge < -0.3 is 5.32 Å². The van der Waals surface area contributed by atoms with Gasteiger partial charge in [0.05, 0.1) is 10.6 Å². The fraction of sp³-hybridized carbons (Fsp3) is 0.357. The summed E-state index contributed by atoms with van der Waals surface area (Å²) in [5.74, 6) is 0. The van der Waals surface area contributed by atoms with E-state index in [1.807, 2.05) is 25.6 Å². The minimum Gasteiger partial charge on any atom is -0.381 e. The maximum Gasteiger partial charge on any atom is 0.272 e. The molecule has 0 saturated carbocycles. The van der Waals surface area contributed by atoms with E-state index in [4.69, 9.17) is 0 Å². The van der Waals surface area contributed by atoms with E-state index in [1.54, 1.807) is 19.1 Å². The van der Waals surface area contributed by atoms with Gasteiger partial charge in [0.25, 0.3) is 5.69 Å². The predicted octanol–water partition coefficient (Wildman–Crippen LogP) is 2.87. The topological polar surface area (TPSA) is 73.0 Å². The van der Waals surface area contributed by atoms with Crippen molar-refractivity contribution in [1.82, 2.24) is 9.78 Å². The van der Waals surface area contributed by atoms with Gasteiger partial charge in [-0.1, -0.05) is 0 Å². The second-order valence-electron chi connectivity index (χ2n) is 4.88. The van der Waals surface area contributed by atoms with Crippen molar-refractivity contribution in [1.29, 1.82) is 0 Å². The molecular weight excluding hydrogens is 256 g/mol. The van der Waals surface area contributed by atoms with Gasteiger partial charge in [-0.05, 0) is 32.9 Å². The van der Waals surface area contributed by atoms with Gasteiger partial charge in [-0.15, -0.1) is 0 Å². The molecule has 0 bridgehead atoms. The van der Waals surface area contributed by atoms with Crippen LogP contribution in [0.15, 0.2) is 18.2 Å². The minimum atomic E-state index is -0.367. The third-order valence-electron chi connectivity index (χ3n) is 3.52. The normalized spacial score (nSPS) is 10.6. The quantitative estimate of drug-likeness (QED) is 0.687. The van der Waals surface area contributed by atoms with Crippen molar-refractivity contribution in [2.45, 2.75) is 27.3 Å². The van der Waals surface area contributed by atoms with Crippen molar-refractivity contribution in [2.75, 3.05) is 5.32 Å². The molecule has 1 aromatic carbocycles. The molecule has 0 atom stereocenters. The van der Waals surface area contributed by atoms with Gasteiger partial charge in [0.1, 0.15) is 0 Å². The molecule has 20 heavy (non-hydrogen) atoms. The van der Waals surface area contributed by atoms with Gasteiger partial charge in [0.2, 0.25) is 0 Å². The lowest BCUT2D eigenvalue weighted by Crippen LogP contribution is -2.03. The first kappa shape index (κ1) is 14.0. The molecule has 6 nitrogen and oxygen atoms in total. The average molecular weight is 274 g/mol. The van der Waals surface area contributed by atoms with Gasteiger partial charge in [-0.25, -0.2) is 0 Å². The molecule has 106 valence electrons. The first-order chi connectivity index (χ1) is 9.40. The molecule has 0 aliphatic rings. The lowest BCUT2D eigenvalue weighted by Gasteiger charge is -2.08. The van der Waals surface area contributed by atoms with Crippen LogP contribution in [0.1, 0.15) is 22.5 Å². The van der Waals surface area contributed by atoms with Crippen molar-refractivity contribution in [3.8, 4) is 0 Å². The molecule has 0 aliphatic carbocycles. The van der Waals surface area contributed by atoms with Crippen molar-refractivity contribution in [3.63, 3.8) is 0 Å². The van der Waals surface area contributed by atoms with Crippen LogP contribution >= 0.6 is 0 Å². The Bertz CT molecular complexity index is 661. The van der Waals surface area contributed by atoms with Crippen LogP contribution in [-0.4, -0.2) is 14.7 Å². The summed E-state index contributed by atoms with van der Waals surface area (Å²) in [7, 11) is 1.92. The summed E-state index contributed by atoms with van der Waals surface area (Å²) in [6.07, 6.45) is 0. The number of anilines is 1. The van der Waals surface area contributed by atoms with Gasteiger partial charge in [0.15, 0.2) is 0 Å². The number of hydrogen-bond acceptors (Lipinski definition) is 4.